The van der Waals surface area contributed by atoms with Gasteiger partial charge >= 0.3 is 0 Å². The zero-order chi connectivity index (χ0) is 29.5. The van der Waals surface area contributed by atoms with E-state index >= 15 is 0 Å². The number of nitrogens with zero attached hydrogens (tertiary/aromatic N) is 3. The van der Waals surface area contributed by atoms with Crippen molar-refractivity contribution in [2.75, 3.05) is 5.01 Å². The van der Waals surface area contributed by atoms with Crippen LogP contribution >= 0.6 is 0 Å². The van der Waals surface area contributed by atoms with E-state index in [2.05, 4.69) is 150 Å². The molecule has 42 heavy (non-hydrogen) atoms. The molecule has 1 aliphatic heterocycles. The molecule has 4 nitrogen and oxygen atoms in total. The molecule has 2 heterocycles. The van der Waals surface area contributed by atoms with Gasteiger partial charge in [0, 0.05) is 12.0 Å². The van der Waals surface area contributed by atoms with Crippen LogP contribution in [0, 0.1) is 0 Å². The van der Waals surface area contributed by atoms with E-state index in [9.17, 15) is 0 Å². The van der Waals surface area contributed by atoms with Gasteiger partial charge in [0.2, 0.25) is 5.89 Å². The van der Waals surface area contributed by atoms with Crippen LogP contribution in [0.1, 0.15) is 76.3 Å². The Labute approximate surface area is 249 Å². The fourth-order valence-corrected chi connectivity index (χ4v) is 5.48. The van der Waals surface area contributed by atoms with Gasteiger partial charge in [0.15, 0.2) is 5.58 Å². The number of hydrogen-bond acceptors (Lipinski definition) is 4. The molecule has 6 rings (SSSR count). The Balaban J connectivity index is 1.34. The highest BCUT2D eigenvalue weighted by atomic mass is 16.3. The topological polar surface area (TPSA) is 41.6 Å². The van der Waals surface area contributed by atoms with Crippen LogP contribution in [0.4, 0.5) is 5.69 Å². The van der Waals surface area contributed by atoms with Gasteiger partial charge in [-0.05, 0) is 69.5 Å². The zero-order valence-corrected chi connectivity index (χ0v) is 25.4. The zero-order valence-electron chi connectivity index (χ0n) is 25.4. The second-order valence-corrected chi connectivity index (χ2v) is 13.2. The Hall–Kier alpha value is -4.44. The smallest absolute Gasteiger partial charge is 0.227 e. The third-order valence-electron chi connectivity index (χ3n) is 7.93. The van der Waals surface area contributed by atoms with Crippen LogP contribution in [0.15, 0.2) is 113 Å². The SMILES string of the molecule is CC(C)(C)c1cc(C(C)(C)C)c2nc(-c3ccc(N4N=C(C=Cc5ccccc5)CC4c4ccccc4)cc3)oc2c1. The molecule has 1 atom stereocenters. The molecule has 1 unspecified atom stereocenters. The van der Waals surface area contributed by atoms with Crippen molar-refractivity contribution >= 4 is 28.6 Å². The lowest BCUT2D eigenvalue weighted by atomic mass is 9.80. The van der Waals surface area contributed by atoms with Crippen LogP contribution in [-0.2, 0) is 10.8 Å². The number of anilines is 1. The molecule has 0 aliphatic carbocycles. The third-order valence-corrected chi connectivity index (χ3v) is 7.93. The van der Waals surface area contributed by atoms with Crippen LogP contribution < -0.4 is 5.01 Å². The summed E-state index contributed by atoms with van der Waals surface area (Å²) in [5, 5.41) is 7.21. The van der Waals surface area contributed by atoms with Crippen molar-refractivity contribution in [1.82, 2.24) is 4.98 Å². The second kappa shape index (κ2) is 10.8. The summed E-state index contributed by atoms with van der Waals surface area (Å²) in [7, 11) is 0. The Morgan fingerprint density at radius 2 is 1.43 bits per heavy atom. The van der Waals surface area contributed by atoms with Crippen LogP contribution in [0.25, 0.3) is 28.6 Å². The average molecular weight is 554 g/mol. The lowest BCUT2D eigenvalue weighted by molar-refractivity contribution is 0.568. The first-order valence-corrected chi connectivity index (χ1v) is 14.8. The standard InChI is InChI=1S/C38H39N3O/c1-37(2,3)29-23-32(38(4,5)6)35-34(24-29)42-36(39-35)28-18-21-31(22-19-28)41-33(27-15-11-8-12-16-27)25-30(40-41)20-17-26-13-9-7-10-14-26/h7-24,33H,25H2,1-6H3. The lowest BCUT2D eigenvalue weighted by Crippen LogP contribution is -2.18. The van der Waals surface area contributed by atoms with E-state index in [0.29, 0.717) is 5.89 Å². The minimum Gasteiger partial charge on any atom is -0.436 e. The molecule has 5 aromatic rings. The average Bonchev–Trinajstić information content (AvgIpc) is 3.60. The summed E-state index contributed by atoms with van der Waals surface area (Å²) in [5.74, 6) is 0.643. The van der Waals surface area contributed by atoms with Gasteiger partial charge in [-0.25, -0.2) is 4.98 Å². The molecule has 0 bridgehead atoms. The fourth-order valence-electron chi connectivity index (χ4n) is 5.48. The molecule has 1 aliphatic rings. The molecule has 0 amide bonds. The van der Waals surface area contributed by atoms with Crippen molar-refractivity contribution < 1.29 is 4.42 Å². The van der Waals surface area contributed by atoms with E-state index in [0.717, 1.165) is 34.5 Å². The summed E-state index contributed by atoms with van der Waals surface area (Å²) < 4.78 is 6.41. The predicted octanol–water partition coefficient (Wildman–Crippen LogP) is 10.1. The largest absolute Gasteiger partial charge is 0.436 e. The number of oxazole rings is 1. The van der Waals surface area contributed by atoms with Crippen molar-refractivity contribution in [3.05, 3.63) is 125 Å². The molecule has 0 saturated carbocycles. The van der Waals surface area contributed by atoms with E-state index < -0.39 is 0 Å². The Morgan fingerprint density at radius 1 is 0.762 bits per heavy atom. The molecule has 1 aromatic heterocycles. The minimum absolute atomic E-state index is 0.0173. The summed E-state index contributed by atoms with van der Waals surface area (Å²) in [4.78, 5) is 5.01. The monoisotopic (exact) mass is 553 g/mol. The van der Waals surface area contributed by atoms with E-state index in [1.165, 1.54) is 22.3 Å². The quantitative estimate of drug-likeness (QED) is 0.217. The van der Waals surface area contributed by atoms with Gasteiger partial charge < -0.3 is 4.42 Å². The van der Waals surface area contributed by atoms with E-state index in [4.69, 9.17) is 14.5 Å². The Bertz CT molecular complexity index is 1750. The van der Waals surface area contributed by atoms with E-state index in [-0.39, 0.29) is 16.9 Å². The summed E-state index contributed by atoms with van der Waals surface area (Å²) >= 11 is 0. The summed E-state index contributed by atoms with van der Waals surface area (Å²) in [6, 6.07) is 34.0. The van der Waals surface area contributed by atoms with Crippen LogP contribution in [0.2, 0.25) is 0 Å². The molecule has 0 saturated heterocycles. The molecule has 4 heteroatoms. The molecule has 212 valence electrons. The summed E-state index contributed by atoms with van der Waals surface area (Å²) in [5.41, 5.74) is 9.69. The van der Waals surface area contributed by atoms with Gasteiger partial charge in [-0.2, -0.15) is 5.10 Å². The molecule has 0 N–H and O–H groups in total. The highest BCUT2D eigenvalue weighted by molar-refractivity contribution is 6.01. The van der Waals surface area contributed by atoms with Gasteiger partial charge in [-0.3, -0.25) is 5.01 Å². The van der Waals surface area contributed by atoms with E-state index in [1.807, 2.05) is 6.07 Å². The van der Waals surface area contributed by atoms with Gasteiger partial charge in [0.25, 0.3) is 0 Å². The van der Waals surface area contributed by atoms with Crippen LogP contribution in [0.3, 0.4) is 0 Å². The summed E-state index contributed by atoms with van der Waals surface area (Å²) in [6.45, 7) is 13.4. The third kappa shape index (κ3) is 5.67. The number of benzene rings is 4. The maximum Gasteiger partial charge on any atom is 0.227 e. The highest BCUT2D eigenvalue weighted by Crippen LogP contribution is 2.39. The first kappa shape index (κ1) is 27.7. The fraction of sp³-hybridized carbons (Fsp3) is 0.263. The number of allylic oxidation sites excluding steroid dienone is 1. The molecular weight excluding hydrogens is 514 g/mol. The number of fused-ring (bicyclic) bond motifs is 1. The second-order valence-electron chi connectivity index (χ2n) is 13.2. The molecule has 0 radical (unpaired) electrons. The molecule has 0 fully saturated rings. The Morgan fingerprint density at radius 3 is 2.07 bits per heavy atom. The predicted molar refractivity (Wildman–Crippen MR) is 176 cm³/mol. The Kier molecular flexibility index (Phi) is 7.10. The highest BCUT2D eigenvalue weighted by Gasteiger charge is 2.29. The van der Waals surface area contributed by atoms with Crippen molar-refractivity contribution in [2.24, 2.45) is 5.10 Å². The first-order chi connectivity index (χ1) is 20.1. The minimum atomic E-state index is -0.0512. The van der Waals surface area contributed by atoms with Crippen molar-refractivity contribution in [3.63, 3.8) is 0 Å². The number of aromatic nitrogens is 1. The van der Waals surface area contributed by atoms with Gasteiger partial charge in [0.1, 0.15) is 5.52 Å². The molecular formula is C38H39N3O. The van der Waals surface area contributed by atoms with Crippen molar-refractivity contribution in [3.8, 4) is 11.5 Å². The van der Waals surface area contributed by atoms with Crippen LogP contribution in [0.5, 0.6) is 0 Å². The maximum absolute atomic E-state index is 6.41. The maximum atomic E-state index is 6.41. The summed E-state index contributed by atoms with van der Waals surface area (Å²) in [6.07, 6.45) is 5.11. The van der Waals surface area contributed by atoms with Gasteiger partial charge in [0.05, 0.1) is 17.4 Å². The van der Waals surface area contributed by atoms with Crippen molar-refractivity contribution in [2.45, 2.75) is 64.8 Å². The van der Waals surface area contributed by atoms with E-state index in [1.54, 1.807) is 0 Å². The number of hydrogen-bond donors (Lipinski definition) is 0. The molecule has 0 spiro atoms. The number of rotatable bonds is 5. The lowest BCUT2D eigenvalue weighted by Gasteiger charge is -2.24. The first-order valence-electron chi connectivity index (χ1n) is 14.8. The molecule has 4 aromatic carbocycles. The van der Waals surface area contributed by atoms with Gasteiger partial charge in [-0.15, -0.1) is 0 Å². The van der Waals surface area contributed by atoms with Crippen molar-refractivity contribution in [1.29, 1.82) is 0 Å². The normalized spacial score (nSPS) is 16.0. The van der Waals surface area contributed by atoms with Gasteiger partial charge in [-0.1, -0.05) is 114 Å². The number of hydrazone groups is 1. The van der Waals surface area contributed by atoms with Crippen LogP contribution in [-0.4, -0.2) is 10.7 Å².